The van der Waals surface area contributed by atoms with E-state index in [9.17, 15) is 0 Å². The standard InChI is InChI=1S/C8H18O2/c1-2-8(5-7-10)4-3-6-9/h8-10H,2-7H2,1H3/t8-/m0/s1. The summed E-state index contributed by atoms with van der Waals surface area (Å²) >= 11 is 0. The minimum atomic E-state index is 0.280. The van der Waals surface area contributed by atoms with Gasteiger partial charge in [-0.3, -0.25) is 0 Å². The van der Waals surface area contributed by atoms with Crippen LogP contribution in [-0.4, -0.2) is 23.4 Å². The normalized spacial score (nSPS) is 13.5. The second-order valence-corrected chi connectivity index (χ2v) is 2.65. The fourth-order valence-electron chi connectivity index (χ4n) is 1.12. The Hall–Kier alpha value is -0.0800. The van der Waals surface area contributed by atoms with Gasteiger partial charge >= 0.3 is 0 Å². The van der Waals surface area contributed by atoms with Crippen LogP contribution in [0.5, 0.6) is 0 Å². The first kappa shape index (κ1) is 9.92. The molecule has 0 heterocycles. The van der Waals surface area contributed by atoms with Gasteiger partial charge in [-0.2, -0.15) is 0 Å². The SMILES string of the molecule is CC[C@H](CCO)CCCO. The third-order valence-corrected chi connectivity index (χ3v) is 1.89. The van der Waals surface area contributed by atoms with Crippen LogP contribution in [0.25, 0.3) is 0 Å². The second-order valence-electron chi connectivity index (χ2n) is 2.65. The molecule has 1 atom stereocenters. The molecular weight excluding hydrogens is 128 g/mol. The zero-order chi connectivity index (χ0) is 7.82. The topological polar surface area (TPSA) is 40.5 Å². The van der Waals surface area contributed by atoms with Crippen molar-refractivity contribution in [2.75, 3.05) is 13.2 Å². The maximum Gasteiger partial charge on any atom is 0.0433 e. The molecule has 0 spiro atoms. The van der Waals surface area contributed by atoms with Gasteiger partial charge in [0.25, 0.3) is 0 Å². The average molecular weight is 146 g/mol. The molecule has 0 unspecified atom stereocenters. The zero-order valence-corrected chi connectivity index (χ0v) is 6.71. The van der Waals surface area contributed by atoms with Crippen LogP contribution in [-0.2, 0) is 0 Å². The first-order valence-corrected chi connectivity index (χ1v) is 4.06. The van der Waals surface area contributed by atoms with E-state index in [1.165, 1.54) is 0 Å². The lowest BCUT2D eigenvalue weighted by atomic mass is 9.97. The predicted octanol–water partition coefficient (Wildman–Crippen LogP) is 1.17. The number of hydrogen-bond acceptors (Lipinski definition) is 2. The summed E-state index contributed by atoms with van der Waals surface area (Å²) in [5.74, 6) is 0.608. The van der Waals surface area contributed by atoms with Gasteiger partial charge in [-0.1, -0.05) is 13.3 Å². The molecule has 0 aliphatic rings. The van der Waals surface area contributed by atoms with Gasteiger partial charge in [-0.25, -0.2) is 0 Å². The van der Waals surface area contributed by atoms with Gasteiger partial charge in [-0.15, -0.1) is 0 Å². The Kier molecular flexibility index (Phi) is 6.98. The molecule has 0 fully saturated rings. The first-order valence-electron chi connectivity index (χ1n) is 4.06. The van der Waals surface area contributed by atoms with Crippen LogP contribution >= 0.6 is 0 Å². The van der Waals surface area contributed by atoms with E-state index in [-0.39, 0.29) is 13.2 Å². The van der Waals surface area contributed by atoms with Crippen LogP contribution in [0.2, 0.25) is 0 Å². The van der Waals surface area contributed by atoms with Crippen molar-refractivity contribution in [3.05, 3.63) is 0 Å². The van der Waals surface area contributed by atoms with E-state index in [2.05, 4.69) is 6.92 Å². The summed E-state index contributed by atoms with van der Waals surface area (Å²) in [4.78, 5) is 0. The van der Waals surface area contributed by atoms with E-state index < -0.39 is 0 Å². The smallest absolute Gasteiger partial charge is 0.0433 e. The molecule has 0 aromatic heterocycles. The summed E-state index contributed by atoms with van der Waals surface area (Å²) in [5.41, 5.74) is 0. The van der Waals surface area contributed by atoms with E-state index in [0.717, 1.165) is 25.7 Å². The molecule has 0 aliphatic carbocycles. The summed E-state index contributed by atoms with van der Waals surface area (Å²) in [5, 5.41) is 17.1. The van der Waals surface area contributed by atoms with Crippen molar-refractivity contribution >= 4 is 0 Å². The summed E-state index contributed by atoms with van der Waals surface area (Å²) < 4.78 is 0. The summed E-state index contributed by atoms with van der Waals surface area (Å²) in [7, 11) is 0. The van der Waals surface area contributed by atoms with Crippen molar-refractivity contribution in [1.82, 2.24) is 0 Å². The van der Waals surface area contributed by atoms with Gasteiger partial charge < -0.3 is 10.2 Å². The molecule has 0 amide bonds. The minimum Gasteiger partial charge on any atom is -0.396 e. The molecular formula is C8H18O2. The quantitative estimate of drug-likeness (QED) is 0.590. The Morgan fingerprint density at radius 3 is 2.20 bits per heavy atom. The van der Waals surface area contributed by atoms with Crippen molar-refractivity contribution in [1.29, 1.82) is 0 Å². The van der Waals surface area contributed by atoms with E-state index in [4.69, 9.17) is 10.2 Å². The van der Waals surface area contributed by atoms with Crippen molar-refractivity contribution in [2.24, 2.45) is 5.92 Å². The van der Waals surface area contributed by atoms with Crippen LogP contribution in [0.15, 0.2) is 0 Å². The third kappa shape index (κ3) is 4.77. The summed E-state index contributed by atoms with van der Waals surface area (Å²) in [6, 6.07) is 0. The highest BCUT2D eigenvalue weighted by Gasteiger charge is 2.03. The third-order valence-electron chi connectivity index (χ3n) is 1.89. The average Bonchev–Trinajstić information content (AvgIpc) is 1.98. The Morgan fingerprint density at radius 2 is 1.80 bits per heavy atom. The molecule has 62 valence electrons. The predicted molar refractivity (Wildman–Crippen MR) is 41.8 cm³/mol. The molecule has 2 nitrogen and oxygen atoms in total. The van der Waals surface area contributed by atoms with Crippen molar-refractivity contribution < 1.29 is 10.2 Å². The van der Waals surface area contributed by atoms with E-state index in [1.54, 1.807) is 0 Å². The number of aliphatic hydroxyl groups excluding tert-OH is 2. The highest BCUT2D eigenvalue weighted by Crippen LogP contribution is 2.13. The lowest BCUT2D eigenvalue weighted by molar-refractivity contribution is 0.230. The Morgan fingerprint density at radius 1 is 1.10 bits per heavy atom. The zero-order valence-electron chi connectivity index (χ0n) is 6.71. The maximum atomic E-state index is 8.60. The van der Waals surface area contributed by atoms with E-state index in [1.807, 2.05) is 0 Å². The second kappa shape index (κ2) is 7.03. The summed E-state index contributed by atoms with van der Waals surface area (Å²) in [6.07, 6.45) is 3.92. The molecule has 0 aromatic rings. The molecule has 2 N–H and O–H groups in total. The Labute approximate surface area is 62.9 Å². The van der Waals surface area contributed by atoms with Crippen LogP contribution < -0.4 is 0 Å². The maximum absolute atomic E-state index is 8.60. The number of rotatable bonds is 6. The van der Waals surface area contributed by atoms with Crippen molar-refractivity contribution in [3.8, 4) is 0 Å². The van der Waals surface area contributed by atoms with Gasteiger partial charge in [0.15, 0.2) is 0 Å². The fourth-order valence-corrected chi connectivity index (χ4v) is 1.12. The monoisotopic (exact) mass is 146 g/mol. The molecule has 0 saturated heterocycles. The van der Waals surface area contributed by atoms with Crippen molar-refractivity contribution in [2.45, 2.75) is 32.6 Å². The van der Waals surface area contributed by atoms with Crippen LogP contribution in [0.4, 0.5) is 0 Å². The van der Waals surface area contributed by atoms with Crippen LogP contribution in [0, 0.1) is 5.92 Å². The number of aliphatic hydroxyl groups is 2. The highest BCUT2D eigenvalue weighted by molar-refractivity contribution is 4.55. The Bertz CT molecular complexity index is 64.3. The minimum absolute atomic E-state index is 0.280. The molecule has 0 aliphatic heterocycles. The van der Waals surface area contributed by atoms with Crippen LogP contribution in [0.1, 0.15) is 32.6 Å². The molecule has 0 rings (SSSR count). The molecule has 0 aromatic carbocycles. The van der Waals surface area contributed by atoms with E-state index in [0.29, 0.717) is 5.92 Å². The lowest BCUT2D eigenvalue weighted by Crippen LogP contribution is -2.02. The lowest BCUT2D eigenvalue weighted by Gasteiger charge is -2.11. The van der Waals surface area contributed by atoms with Crippen molar-refractivity contribution in [3.63, 3.8) is 0 Å². The van der Waals surface area contributed by atoms with Gasteiger partial charge in [0.1, 0.15) is 0 Å². The fraction of sp³-hybridized carbons (Fsp3) is 1.00. The molecule has 10 heavy (non-hydrogen) atoms. The van der Waals surface area contributed by atoms with E-state index >= 15 is 0 Å². The summed E-state index contributed by atoms with van der Waals surface area (Å²) in [6.45, 7) is 2.68. The highest BCUT2D eigenvalue weighted by atomic mass is 16.3. The molecule has 0 radical (unpaired) electrons. The van der Waals surface area contributed by atoms with Gasteiger partial charge in [0.05, 0.1) is 0 Å². The number of hydrogen-bond donors (Lipinski definition) is 2. The molecule has 0 saturated carbocycles. The molecule has 0 bridgehead atoms. The van der Waals surface area contributed by atoms with Gasteiger partial charge in [0, 0.05) is 13.2 Å². The first-order chi connectivity index (χ1) is 4.85. The van der Waals surface area contributed by atoms with Gasteiger partial charge in [0.2, 0.25) is 0 Å². The molecule has 2 heteroatoms. The largest absolute Gasteiger partial charge is 0.396 e. The van der Waals surface area contributed by atoms with Gasteiger partial charge in [-0.05, 0) is 25.2 Å². The van der Waals surface area contributed by atoms with Crippen LogP contribution in [0.3, 0.4) is 0 Å². The Balaban J connectivity index is 3.21.